The van der Waals surface area contributed by atoms with E-state index in [1.807, 2.05) is 30.3 Å². The molecule has 0 aliphatic carbocycles. The highest BCUT2D eigenvalue weighted by Crippen LogP contribution is 2.30. The summed E-state index contributed by atoms with van der Waals surface area (Å²) >= 11 is 1.19. The van der Waals surface area contributed by atoms with Gasteiger partial charge in [0.05, 0.1) is 43.7 Å². The van der Waals surface area contributed by atoms with Crippen LogP contribution in [-0.4, -0.2) is 42.5 Å². The van der Waals surface area contributed by atoms with E-state index in [0.29, 0.717) is 39.8 Å². The Morgan fingerprint density at radius 3 is 2.40 bits per heavy atom. The minimum Gasteiger partial charge on any atom is -0.497 e. The lowest BCUT2D eigenvalue weighted by molar-refractivity contribution is -0.118. The van der Waals surface area contributed by atoms with Crippen LogP contribution in [0.3, 0.4) is 0 Å². The number of amides is 1. The predicted molar refractivity (Wildman–Crippen MR) is 136 cm³/mol. The van der Waals surface area contributed by atoms with E-state index in [4.69, 9.17) is 14.2 Å². The number of rotatable bonds is 9. The minimum absolute atomic E-state index is 0.0915. The number of ether oxygens (including phenoxy) is 3. The van der Waals surface area contributed by atoms with Gasteiger partial charge in [0.1, 0.15) is 5.75 Å². The Bertz CT molecular complexity index is 1400. The SMILES string of the molecule is COc1ccc(CNC(=O)CSc2nc3ccccc3c(=O)n2-c2ccc(OC)c(OC)c2)cc1. The van der Waals surface area contributed by atoms with Gasteiger partial charge >= 0.3 is 0 Å². The van der Waals surface area contributed by atoms with E-state index in [2.05, 4.69) is 10.3 Å². The van der Waals surface area contributed by atoms with Crippen molar-refractivity contribution in [3.63, 3.8) is 0 Å². The highest BCUT2D eigenvalue weighted by molar-refractivity contribution is 7.99. The van der Waals surface area contributed by atoms with Gasteiger partial charge in [-0.15, -0.1) is 0 Å². The van der Waals surface area contributed by atoms with E-state index in [0.717, 1.165) is 11.3 Å². The summed E-state index contributed by atoms with van der Waals surface area (Å²) in [5.74, 6) is 1.70. The van der Waals surface area contributed by atoms with Gasteiger partial charge in [-0.1, -0.05) is 36.0 Å². The third-order valence-electron chi connectivity index (χ3n) is 5.35. The van der Waals surface area contributed by atoms with E-state index < -0.39 is 0 Å². The van der Waals surface area contributed by atoms with Crippen LogP contribution in [0.2, 0.25) is 0 Å². The van der Waals surface area contributed by atoms with Crippen molar-refractivity contribution >= 4 is 28.6 Å². The first-order chi connectivity index (χ1) is 17.0. The maximum atomic E-state index is 13.4. The van der Waals surface area contributed by atoms with Crippen molar-refractivity contribution in [1.82, 2.24) is 14.9 Å². The molecule has 0 saturated heterocycles. The van der Waals surface area contributed by atoms with Crippen LogP contribution in [0.4, 0.5) is 0 Å². The van der Waals surface area contributed by atoms with Crippen LogP contribution in [0.25, 0.3) is 16.6 Å². The Morgan fingerprint density at radius 1 is 0.943 bits per heavy atom. The van der Waals surface area contributed by atoms with E-state index in [1.54, 1.807) is 50.6 Å². The van der Waals surface area contributed by atoms with Gasteiger partial charge in [-0.2, -0.15) is 0 Å². The fourth-order valence-electron chi connectivity index (χ4n) is 3.53. The Hall–Kier alpha value is -3.98. The molecule has 0 saturated carbocycles. The maximum Gasteiger partial charge on any atom is 0.266 e. The molecule has 0 aliphatic rings. The number of nitrogens with one attached hydrogen (secondary N) is 1. The van der Waals surface area contributed by atoms with Crippen molar-refractivity contribution in [2.45, 2.75) is 11.7 Å². The second-order valence-corrected chi connectivity index (χ2v) is 8.45. The number of nitrogens with zero attached hydrogens (tertiary/aromatic N) is 2. The highest BCUT2D eigenvalue weighted by atomic mass is 32.2. The first-order valence-electron chi connectivity index (χ1n) is 10.8. The molecule has 1 aromatic heterocycles. The lowest BCUT2D eigenvalue weighted by Crippen LogP contribution is -2.26. The van der Waals surface area contributed by atoms with Crippen LogP contribution in [0, 0.1) is 0 Å². The summed E-state index contributed by atoms with van der Waals surface area (Å²) in [4.78, 5) is 30.7. The fourth-order valence-corrected chi connectivity index (χ4v) is 4.37. The van der Waals surface area contributed by atoms with Crippen molar-refractivity contribution in [2.24, 2.45) is 0 Å². The third kappa shape index (κ3) is 5.41. The summed E-state index contributed by atoms with van der Waals surface area (Å²) in [5, 5.41) is 3.78. The monoisotopic (exact) mass is 491 g/mol. The van der Waals surface area contributed by atoms with Crippen molar-refractivity contribution in [3.8, 4) is 22.9 Å². The van der Waals surface area contributed by atoms with Crippen molar-refractivity contribution < 1.29 is 19.0 Å². The van der Waals surface area contributed by atoms with Gasteiger partial charge in [-0.05, 0) is 42.0 Å². The Balaban J connectivity index is 1.60. The molecule has 35 heavy (non-hydrogen) atoms. The summed E-state index contributed by atoms with van der Waals surface area (Å²) in [5.41, 5.74) is 1.85. The number of carbonyl (C=O) groups excluding carboxylic acids is 1. The lowest BCUT2D eigenvalue weighted by Gasteiger charge is -2.15. The molecule has 180 valence electrons. The summed E-state index contributed by atoms with van der Waals surface area (Å²) in [6.45, 7) is 0.386. The largest absolute Gasteiger partial charge is 0.497 e. The minimum atomic E-state index is -0.232. The van der Waals surface area contributed by atoms with Gasteiger partial charge in [0.25, 0.3) is 5.56 Å². The van der Waals surface area contributed by atoms with Crippen molar-refractivity contribution in [1.29, 1.82) is 0 Å². The van der Waals surface area contributed by atoms with Crippen LogP contribution in [0.1, 0.15) is 5.56 Å². The van der Waals surface area contributed by atoms with Crippen molar-refractivity contribution in [3.05, 3.63) is 82.6 Å². The van der Waals surface area contributed by atoms with E-state index in [1.165, 1.54) is 23.4 Å². The number of aromatic nitrogens is 2. The second-order valence-electron chi connectivity index (χ2n) is 7.50. The van der Waals surface area contributed by atoms with Gasteiger partial charge in [0, 0.05) is 12.6 Å². The molecule has 0 aliphatic heterocycles. The van der Waals surface area contributed by atoms with Crippen LogP contribution in [-0.2, 0) is 11.3 Å². The molecule has 0 atom stereocenters. The Morgan fingerprint density at radius 2 is 1.69 bits per heavy atom. The van der Waals surface area contributed by atoms with Gasteiger partial charge < -0.3 is 19.5 Å². The van der Waals surface area contributed by atoms with Crippen LogP contribution in [0.15, 0.2) is 76.7 Å². The number of carbonyl (C=O) groups is 1. The van der Waals surface area contributed by atoms with Gasteiger partial charge in [-0.3, -0.25) is 14.2 Å². The second kappa shape index (κ2) is 11.0. The van der Waals surface area contributed by atoms with E-state index >= 15 is 0 Å². The molecule has 0 radical (unpaired) electrons. The number of benzene rings is 3. The topological polar surface area (TPSA) is 91.7 Å². The molecule has 1 heterocycles. The predicted octanol–water partition coefficient (Wildman–Crippen LogP) is 3.82. The molecule has 1 amide bonds. The normalized spacial score (nSPS) is 10.7. The van der Waals surface area contributed by atoms with Crippen molar-refractivity contribution in [2.75, 3.05) is 27.1 Å². The first kappa shape index (κ1) is 24.2. The highest BCUT2D eigenvalue weighted by Gasteiger charge is 2.16. The third-order valence-corrected chi connectivity index (χ3v) is 6.29. The summed E-state index contributed by atoms with van der Waals surface area (Å²) in [7, 11) is 4.69. The standard InChI is InChI=1S/C26H25N3O5S/c1-32-19-11-8-17(9-12-19)15-27-24(30)16-35-26-28-21-7-5-4-6-20(21)25(31)29(26)18-10-13-22(33-2)23(14-18)34-3/h4-14H,15-16H2,1-3H3,(H,27,30). The molecular weight excluding hydrogens is 466 g/mol. The van der Waals surface area contributed by atoms with Gasteiger partial charge in [-0.25, -0.2) is 4.98 Å². The number of para-hydroxylation sites is 1. The average molecular weight is 492 g/mol. The summed E-state index contributed by atoms with van der Waals surface area (Å²) in [6.07, 6.45) is 0. The smallest absolute Gasteiger partial charge is 0.266 e. The molecule has 0 bridgehead atoms. The van der Waals surface area contributed by atoms with Crippen LogP contribution in [0.5, 0.6) is 17.2 Å². The number of fused-ring (bicyclic) bond motifs is 1. The van der Waals surface area contributed by atoms with E-state index in [9.17, 15) is 9.59 Å². The van der Waals surface area contributed by atoms with E-state index in [-0.39, 0.29) is 17.2 Å². The summed E-state index contributed by atoms with van der Waals surface area (Å²) in [6, 6.07) is 19.8. The zero-order chi connectivity index (χ0) is 24.8. The molecule has 8 nitrogen and oxygen atoms in total. The van der Waals surface area contributed by atoms with Crippen LogP contribution >= 0.6 is 11.8 Å². The molecule has 4 aromatic rings. The summed E-state index contributed by atoms with van der Waals surface area (Å²) < 4.78 is 17.4. The molecule has 9 heteroatoms. The Labute approximate surface area is 206 Å². The molecule has 0 spiro atoms. The molecule has 1 N–H and O–H groups in total. The van der Waals surface area contributed by atoms with Gasteiger partial charge in [0.15, 0.2) is 16.7 Å². The van der Waals surface area contributed by atoms with Gasteiger partial charge in [0.2, 0.25) is 5.91 Å². The average Bonchev–Trinajstić information content (AvgIpc) is 2.90. The quantitative estimate of drug-likeness (QED) is 0.281. The first-order valence-corrected chi connectivity index (χ1v) is 11.8. The lowest BCUT2D eigenvalue weighted by atomic mass is 10.2. The molecular formula is C26H25N3O5S. The molecule has 4 rings (SSSR count). The Kier molecular flexibility index (Phi) is 7.57. The number of thioether (sulfide) groups is 1. The molecule has 3 aromatic carbocycles. The number of methoxy groups -OCH3 is 3. The maximum absolute atomic E-state index is 13.4. The zero-order valence-corrected chi connectivity index (χ0v) is 20.4. The number of hydrogen-bond donors (Lipinski definition) is 1. The fraction of sp³-hybridized carbons (Fsp3) is 0.192. The molecule has 0 fully saturated rings. The number of hydrogen-bond acceptors (Lipinski definition) is 7. The zero-order valence-electron chi connectivity index (χ0n) is 19.6. The molecule has 0 unspecified atom stereocenters. The van der Waals surface area contributed by atoms with Crippen LogP contribution < -0.4 is 25.1 Å².